The standard InChI is InChI=1S/C15H12ClFO3/c16-11-6-2-4-8-13(11)20-14(15(18)19)9-10-5-1-3-7-12(10)17/h1-8,14H,9H2,(H,18,19)/t14-/m1/s1. The highest BCUT2D eigenvalue weighted by Gasteiger charge is 2.22. The third-order valence-electron chi connectivity index (χ3n) is 2.74. The third kappa shape index (κ3) is 3.48. The normalized spacial score (nSPS) is 11.9. The van der Waals surface area contributed by atoms with Crippen molar-refractivity contribution in [1.29, 1.82) is 0 Å². The smallest absolute Gasteiger partial charge is 0.345 e. The Balaban J connectivity index is 2.19. The molecule has 0 bridgehead atoms. The fourth-order valence-corrected chi connectivity index (χ4v) is 1.92. The molecule has 0 heterocycles. The van der Waals surface area contributed by atoms with Crippen LogP contribution in [0.1, 0.15) is 5.56 Å². The molecule has 20 heavy (non-hydrogen) atoms. The van der Waals surface area contributed by atoms with Crippen LogP contribution in [0.2, 0.25) is 5.02 Å². The molecule has 0 unspecified atom stereocenters. The van der Waals surface area contributed by atoms with E-state index < -0.39 is 17.9 Å². The van der Waals surface area contributed by atoms with Crippen LogP contribution < -0.4 is 4.74 Å². The van der Waals surface area contributed by atoms with Crippen molar-refractivity contribution in [3.63, 3.8) is 0 Å². The molecule has 0 aromatic heterocycles. The molecule has 0 radical (unpaired) electrons. The molecule has 0 aliphatic heterocycles. The van der Waals surface area contributed by atoms with Gasteiger partial charge in [0.05, 0.1) is 5.02 Å². The lowest BCUT2D eigenvalue weighted by Crippen LogP contribution is -2.29. The van der Waals surface area contributed by atoms with Gasteiger partial charge in [0, 0.05) is 6.42 Å². The van der Waals surface area contributed by atoms with E-state index >= 15 is 0 Å². The van der Waals surface area contributed by atoms with E-state index in [1.54, 1.807) is 36.4 Å². The van der Waals surface area contributed by atoms with E-state index in [9.17, 15) is 14.3 Å². The van der Waals surface area contributed by atoms with Gasteiger partial charge in [0.25, 0.3) is 0 Å². The van der Waals surface area contributed by atoms with Crippen LogP contribution in [-0.2, 0) is 11.2 Å². The first-order valence-corrected chi connectivity index (χ1v) is 6.33. The molecule has 2 rings (SSSR count). The minimum atomic E-state index is -1.20. The Morgan fingerprint density at radius 3 is 2.50 bits per heavy atom. The van der Waals surface area contributed by atoms with Crippen LogP contribution in [0.25, 0.3) is 0 Å². The Hall–Kier alpha value is -2.07. The van der Waals surface area contributed by atoms with Gasteiger partial charge >= 0.3 is 5.97 Å². The highest BCUT2D eigenvalue weighted by Crippen LogP contribution is 2.25. The molecule has 1 atom stereocenters. The zero-order chi connectivity index (χ0) is 14.5. The number of halogens is 2. The molecule has 0 spiro atoms. The van der Waals surface area contributed by atoms with Crippen molar-refractivity contribution in [1.82, 2.24) is 0 Å². The average molecular weight is 295 g/mol. The van der Waals surface area contributed by atoms with Crippen LogP contribution >= 0.6 is 11.6 Å². The summed E-state index contributed by atoms with van der Waals surface area (Å²) in [6.45, 7) is 0. The molecule has 0 amide bonds. The summed E-state index contributed by atoms with van der Waals surface area (Å²) in [6.07, 6.45) is -1.28. The lowest BCUT2D eigenvalue weighted by molar-refractivity contribution is -0.145. The zero-order valence-corrected chi connectivity index (χ0v) is 11.2. The van der Waals surface area contributed by atoms with Crippen LogP contribution in [0.4, 0.5) is 4.39 Å². The number of hydrogen-bond acceptors (Lipinski definition) is 2. The number of benzene rings is 2. The number of rotatable bonds is 5. The second-order valence-electron chi connectivity index (χ2n) is 4.17. The second-order valence-corrected chi connectivity index (χ2v) is 4.58. The molecule has 0 saturated heterocycles. The zero-order valence-electron chi connectivity index (χ0n) is 10.4. The van der Waals surface area contributed by atoms with Crippen molar-refractivity contribution in [2.45, 2.75) is 12.5 Å². The summed E-state index contributed by atoms with van der Waals surface area (Å²) in [7, 11) is 0. The molecule has 2 aromatic rings. The molecule has 3 nitrogen and oxygen atoms in total. The predicted octanol–water partition coefficient (Wildman–Crippen LogP) is 3.55. The summed E-state index contributed by atoms with van der Waals surface area (Å²) < 4.78 is 18.9. The van der Waals surface area contributed by atoms with E-state index in [0.29, 0.717) is 5.02 Å². The molecule has 0 fully saturated rings. The van der Waals surface area contributed by atoms with Crippen LogP contribution in [0.15, 0.2) is 48.5 Å². The molecular formula is C15H12ClFO3. The van der Waals surface area contributed by atoms with Gasteiger partial charge in [-0.25, -0.2) is 9.18 Å². The highest BCUT2D eigenvalue weighted by atomic mass is 35.5. The molecule has 0 aliphatic carbocycles. The van der Waals surface area contributed by atoms with Gasteiger partial charge in [-0.1, -0.05) is 41.9 Å². The molecular weight excluding hydrogens is 283 g/mol. The lowest BCUT2D eigenvalue weighted by Gasteiger charge is -2.16. The second kappa shape index (κ2) is 6.39. The SMILES string of the molecule is O=C(O)[C@@H](Cc1ccccc1F)Oc1ccccc1Cl. The molecule has 0 saturated carbocycles. The van der Waals surface area contributed by atoms with E-state index in [-0.39, 0.29) is 17.7 Å². The Kier molecular flexibility index (Phi) is 4.58. The van der Waals surface area contributed by atoms with Crippen molar-refractivity contribution in [3.05, 3.63) is 64.9 Å². The minimum absolute atomic E-state index is 0.0762. The highest BCUT2D eigenvalue weighted by molar-refractivity contribution is 6.32. The van der Waals surface area contributed by atoms with Gasteiger partial charge in [0.15, 0.2) is 6.10 Å². The van der Waals surface area contributed by atoms with E-state index in [2.05, 4.69) is 0 Å². The summed E-state index contributed by atoms with van der Waals surface area (Å²) in [5.41, 5.74) is 0.284. The average Bonchev–Trinajstić information content (AvgIpc) is 2.42. The van der Waals surface area contributed by atoms with E-state index in [0.717, 1.165) is 0 Å². The summed E-state index contributed by atoms with van der Waals surface area (Å²) in [4.78, 5) is 11.2. The third-order valence-corrected chi connectivity index (χ3v) is 3.06. The van der Waals surface area contributed by atoms with Gasteiger partial charge in [0.2, 0.25) is 0 Å². The summed E-state index contributed by atoms with van der Waals surface area (Å²) in [5, 5.41) is 9.50. The number of hydrogen-bond donors (Lipinski definition) is 1. The van der Waals surface area contributed by atoms with Crippen LogP contribution in [0.3, 0.4) is 0 Å². The lowest BCUT2D eigenvalue weighted by atomic mass is 10.1. The fourth-order valence-electron chi connectivity index (χ4n) is 1.74. The van der Waals surface area contributed by atoms with Crippen LogP contribution in [0, 0.1) is 5.82 Å². The Morgan fingerprint density at radius 1 is 1.20 bits per heavy atom. The predicted molar refractivity (Wildman–Crippen MR) is 73.6 cm³/mol. The van der Waals surface area contributed by atoms with Crippen molar-refractivity contribution < 1.29 is 19.0 Å². The van der Waals surface area contributed by atoms with Crippen molar-refractivity contribution in [2.75, 3.05) is 0 Å². The van der Waals surface area contributed by atoms with Gasteiger partial charge in [-0.2, -0.15) is 0 Å². The van der Waals surface area contributed by atoms with E-state index in [1.807, 2.05) is 0 Å². The van der Waals surface area contributed by atoms with Gasteiger partial charge in [-0.15, -0.1) is 0 Å². The van der Waals surface area contributed by atoms with Crippen molar-refractivity contribution in [3.8, 4) is 5.75 Å². The number of carboxylic acids is 1. The number of ether oxygens (including phenoxy) is 1. The first-order chi connectivity index (χ1) is 9.58. The van der Waals surface area contributed by atoms with E-state index in [4.69, 9.17) is 16.3 Å². The Morgan fingerprint density at radius 2 is 1.85 bits per heavy atom. The summed E-state index contributed by atoms with van der Waals surface area (Å²) in [6, 6.07) is 12.6. The Bertz CT molecular complexity index is 568. The molecule has 2 aromatic carbocycles. The van der Waals surface area contributed by atoms with Crippen LogP contribution in [-0.4, -0.2) is 17.2 Å². The monoisotopic (exact) mass is 294 g/mol. The van der Waals surface area contributed by atoms with Gasteiger partial charge in [0.1, 0.15) is 11.6 Å². The summed E-state index contributed by atoms with van der Waals surface area (Å²) in [5.74, 6) is -1.37. The van der Waals surface area contributed by atoms with Crippen molar-refractivity contribution >= 4 is 17.6 Å². The maximum atomic E-state index is 13.6. The first-order valence-electron chi connectivity index (χ1n) is 5.95. The molecule has 104 valence electrons. The molecule has 0 aliphatic rings. The number of para-hydroxylation sites is 1. The number of carbonyl (C=O) groups is 1. The van der Waals surface area contributed by atoms with Gasteiger partial charge in [-0.05, 0) is 23.8 Å². The molecule has 1 N–H and O–H groups in total. The van der Waals surface area contributed by atoms with Gasteiger partial charge < -0.3 is 9.84 Å². The number of carboxylic acid groups (broad SMARTS) is 1. The maximum Gasteiger partial charge on any atom is 0.345 e. The van der Waals surface area contributed by atoms with Crippen LogP contribution in [0.5, 0.6) is 5.75 Å². The minimum Gasteiger partial charge on any atom is -0.478 e. The topological polar surface area (TPSA) is 46.5 Å². The number of aliphatic carboxylic acids is 1. The molecule has 5 heteroatoms. The van der Waals surface area contributed by atoms with Gasteiger partial charge in [-0.3, -0.25) is 0 Å². The maximum absolute atomic E-state index is 13.6. The largest absolute Gasteiger partial charge is 0.478 e. The Labute approximate surface area is 120 Å². The quantitative estimate of drug-likeness (QED) is 0.917. The fraction of sp³-hybridized carbons (Fsp3) is 0.133. The van der Waals surface area contributed by atoms with Crippen molar-refractivity contribution in [2.24, 2.45) is 0 Å². The first kappa shape index (κ1) is 14.3. The summed E-state index contributed by atoms with van der Waals surface area (Å²) >= 11 is 5.92. The van der Waals surface area contributed by atoms with E-state index in [1.165, 1.54) is 12.1 Å².